The molecule has 0 saturated carbocycles. The summed E-state index contributed by atoms with van der Waals surface area (Å²) in [5.74, 6) is 1.85. The van der Waals surface area contributed by atoms with Crippen molar-refractivity contribution in [2.24, 2.45) is 0 Å². The molecular weight excluding hydrogens is 585 g/mol. The third kappa shape index (κ3) is 5.91. The molecule has 2 aromatic heterocycles. The van der Waals surface area contributed by atoms with Gasteiger partial charge in [-0.1, -0.05) is 152 Å². The van der Waals surface area contributed by atoms with Gasteiger partial charge in [-0.05, 0) is 62.7 Å². The van der Waals surface area contributed by atoms with E-state index < -0.39 is 0 Å². The molecule has 0 radical (unpaired) electrons. The van der Waals surface area contributed by atoms with Crippen molar-refractivity contribution in [1.82, 2.24) is 19.9 Å². The second-order valence-electron chi connectivity index (χ2n) is 11.5. The molecule has 0 amide bonds. The van der Waals surface area contributed by atoms with E-state index in [0.717, 1.165) is 61.2 Å². The predicted molar refractivity (Wildman–Crippen MR) is 196 cm³/mol. The van der Waals surface area contributed by atoms with Crippen LogP contribution in [0.3, 0.4) is 0 Å². The second-order valence-corrected chi connectivity index (χ2v) is 11.5. The van der Waals surface area contributed by atoms with Crippen molar-refractivity contribution in [1.29, 1.82) is 0 Å². The molecule has 48 heavy (non-hydrogen) atoms. The maximum atomic E-state index is 5.24. The Kier molecular flexibility index (Phi) is 7.87. The van der Waals surface area contributed by atoms with Gasteiger partial charge in [0.1, 0.15) is 0 Å². The zero-order chi connectivity index (χ0) is 32.1. The van der Waals surface area contributed by atoms with E-state index in [4.69, 9.17) is 15.0 Å². The molecule has 4 heteroatoms. The Morgan fingerprint density at radius 3 is 1.19 bits per heavy atom. The lowest BCUT2D eigenvalue weighted by Crippen LogP contribution is -2.03. The van der Waals surface area contributed by atoms with Gasteiger partial charge in [-0.3, -0.25) is 4.98 Å². The van der Waals surface area contributed by atoms with Crippen LogP contribution in [-0.4, -0.2) is 19.9 Å². The molecule has 0 bridgehead atoms. The van der Waals surface area contributed by atoms with E-state index in [0.29, 0.717) is 17.5 Å². The average Bonchev–Trinajstić information content (AvgIpc) is 3.19. The summed E-state index contributed by atoms with van der Waals surface area (Å²) in [6, 6.07) is 58.5. The number of hydrogen-bond acceptors (Lipinski definition) is 4. The molecule has 8 aromatic rings. The first-order chi connectivity index (χ1) is 23.8. The summed E-state index contributed by atoms with van der Waals surface area (Å²) in [6.07, 6.45) is 3.66. The first-order valence-electron chi connectivity index (χ1n) is 16.0. The standard InChI is InChI=1S/C44H30N4/c1-5-14-31(15-6-1)38-28-39(33-16-7-2-8-17-33)41(40(29-38)34-18-9-3-10-19-34)44-47-42(35-20-11-4-12-21-35)46-43(48-44)36-25-23-32(24-26-36)37-22-13-27-45-30-37/h1-30H. The summed E-state index contributed by atoms with van der Waals surface area (Å²) in [7, 11) is 0. The van der Waals surface area contributed by atoms with Gasteiger partial charge in [-0.25, -0.2) is 15.0 Å². The highest BCUT2D eigenvalue weighted by molar-refractivity contribution is 5.96. The minimum atomic E-state index is 0.613. The first-order valence-corrected chi connectivity index (χ1v) is 16.0. The SMILES string of the molecule is c1ccc(-c2cc(-c3ccccc3)c(-c3nc(-c4ccccc4)nc(-c4ccc(-c5cccnc5)cc4)n3)c(-c3ccccc3)c2)cc1. The number of pyridine rings is 1. The van der Waals surface area contributed by atoms with E-state index in [1.54, 1.807) is 6.20 Å². The van der Waals surface area contributed by atoms with Gasteiger partial charge in [-0.2, -0.15) is 0 Å². The van der Waals surface area contributed by atoms with E-state index in [2.05, 4.69) is 126 Å². The predicted octanol–water partition coefficient (Wildman–Crippen LogP) is 10.9. The molecule has 0 aliphatic rings. The minimum absolute atomic E-state index is 0.613. The quantitative estimate of drug-likeness (QED) is 0.179. The minimum Gasteiger partial charge on any atom is -0.264 e. The van der Waals surface area contributed by atoms with Crippen molar-refractivity contribution in [3.8, 4) is 78.7 Å². The summed E-state index contributed by atoms with van der Waals surface area (Å²) >= 11 is 0. The fourth-order valence-corrected chi connectivity index (χ4v) is 6.05. The molecule has 0 unspecified atom stereocenters. The Hall–Kier alpha value is -6.52. The van der Waals surface area contributed by atoms with Crippen molar-refractivity contribution >= 4 is 0 Å². The lowest BCUT2D eigenvalue weighted by atomic mass is 9.87. The molecule has 0 N–H and O–H groups in total. The van der Waals surface area contributed by atoms with Crippen molar-refractivity contribution in [2.45, 2.75) is 0 Å². The van der Waals surface area contributed by atoms with Crippen LogP contribution in [0.5, 0.6) is 0 Å². The Morgan fingerprint density at radius 2 is 0.688 bits per heavy atom. The van der Waals surface area contributed by atoms with Crippen molar-refractivity contribution < 1.29 is 0 Å². The molecule has 0 aliphatic carbocycles. The molecule has 0 aliphatic heterocycles. The van der Waals surface area contributed by atoms with Crippen LogP contribution in [0.4, 0.5) is 0 Å². The van der Waals surface area contributed by atoms with Crippen LogP contribution in [0.15, 0.2) is 182 Å². The van der Waals surface area contributed by atoms with Crippen LogP contribution >= 0.6 is 0 Å². The zero-order valence-electron chi connectivity index (χ0n) is 26.1. The third-order valence-electron chi connectivity index (χ3n) is 8.44. The fourth-order valence-electron chi connectivity index (χ4n) is 6.05. The van der Waals surface area contributed by atoms with Gasteiger partial charge in [0.15, 0.2) is 17.5 Å². The maximum absolute atomic E-state index is 5.24. The molecular formula is C44H30N4. The molecule has 0 atom stereocenters. The lowest BCUT2D eigenvalue weighted by molar-refractivity contribution is 1.07. The zero-order valence-corrected chi connectivity index (χ0v) is 26.1. The molecule has 0 spiro atoms. The normalized spacial score (nSPS) is 10.9. The van der Waals surface area contributed by atoms with Gasteiger partial charge in [0.2, 0.25) is 0 Å². The summed E-state index contributed by atoms with van der Waals surface area (Å²) in [6.45, 7) is 0. The van der Waals surface area contributed by atoms with Gasteiger partial charge in [0.25, 0.3) is 0 Å². The van der Waals surface area contributed by atoms with Crippen LogP contribution in [0, 0.1) is 0 Å². The van der Waals surface area contributed by atoms with Gasteiger partial charge >= 0.3 is 0 Å². The van der Waals surface area contributed by atoms with E-state index in [9.17, 15) is 0 Å². The second kappa shape index (κ2) is 13.1. The van der Waals surface area contributed by atoms with Gasteiger partial charge in [0, 0.05) is 29.1 Å². The van der Waals surface area contributed by atoms with Crippen LogP contribution in [-0.2, 0) is 0 Å². The van der Waals surface area contributed by atoms with Crippen LogP contribution in [0.2, 0.25) is 0 Å². The molecule has 8 rings (SSSR count). The highest BCUT2D eigenvalue weighted by Gasteiger charge is 2.21. The maximum Gasteiger partial charge on any atom is 0.165 e. The van der Waals surface area contributed by atoms with Crippen LogP contribution in [0.1, 0.15) is 0 Å². The summed E-state index contributed by atoms with van der Waals surface area (Å²) in [5, 5.41) is 0. The molecule has 0 fully saturated rings. The first kappa shape index (κ1) is 28.9. The lowest BCUT2D eigenvalue weighted by Gasteiger charge is -2.19. The van der Waals surface area contributed by atoms with Crippen LogP contribution in [0.25, 0.3) is 78.7 Å². The number of rotatable bonds is 7. The highest BCUT2D eigenvalue weighted by atomic mass is 15.0. The van der Waals surface area contributed by atoms with Crippen molar-refractivity contribution in [3.63, 3.8) is 0 Å². The molecule has 0 saturated heterocycles. The van der Waals surface area contributed by atoms with Gasteiger partial charge < -0.3 is 0 Å². The number of aromatic nitrogens is 4. The summed E-state index contributed by atoms with van der Waals surface area (Å²) < 4.78 is 0. The van der Waals surface area contributed by atoms with Gasteiger partial charge in [0.05, 0.1) is 0 Å². The Balaban J connectivity index is 1.40. The van der Waals surface area contributed by atoms with E-state index >= 15 is 0 Å². The smallest absolute Gasteiger partial charge is 0.165 e. The third-order valence-corrected chi connectivity index (χ3v) is 8.44. The molecule has 226 valence electrons. The number of hydrogen-bond donors (Lipinski definition) is 0. The van der Waals surface area contributed by atoms with Crippen LogP contribution < -0.4 is 0 Å². The fraction of sp³-hybridized carbons (Fsp3) is 0. The van der Waals surface area contributed by atoms with E-state index in [1.165, 1.54) is 0 Å². The summed E-state index contributed by atoms with van der Waals surface area (Å²) in [4.78, 5) is 19.8. The van der Waals surface area contributed by atoms with E-state index in [-0.39, 0.29) is 0 Å². The topological polar surface area (TPSA) is 51.6 Å². The van der Waals surface area contributed by atoms with Crippen molar-refractivity contribution in [3.05, 3.63) is 182 Å². The van der Waals surface area contributed by atoms with E-state index in [1.807, 2.05) is 54.7 Å². The average molecular weight is 615 g/mol. The van der Waals surface area contributed by atoms with Gasteiger partial charge in [-0.15, -0.1) is 0 Å². The largest absolute Gasteiger partial charge is 0.264 e. The Bertz CT molecular complexity index is 2230. The Labute approximate surface area is 280 Å². The summed E-state index contributed by atoms with van der Waals surface area (Å²) in [5.41, 5.74) is 11.5. The highest BCUT2D eigenvalue weighted by Crippen LogP contribution is 2.43. The number of nitrogens with zero attached hydrogens (tertiary/aromatic N) is 4. The molecule has 2 heterocycles. The van der Waals surface area contributed by atoms with Crippen molar-refractivity contribution in [2.75, 3.05) is 0 Å². The number of benzene rings is 6. The Morgan fingerprint density at radius 1 is 0.292 bits per heavy atom. The molecule has 4 nitrogen and oxygen atoms in total. The monoisotopic (exact) mass is 614 g/mol. The molecule has 6 aromatic carbocycles.